The summed E-state index contributed by atoms with van der Waals surface area (Å²) in [5, 5.41) is 10.4. The number of methoxy groups -OCH3 is 1. The quantitative estimate of drug-likeness (QED) is 0.739. The summed E-state index contributed by atoms with van der Waals surface area (Å²) < 4.78 is 5.23. The van der Waals surface area contributed by atoms with Crippen LogP contribution >= 0.6 is 0 Å². The van der Waals surface area contributed by atoms with Crippen molar-refractivity contribution in [2.24, 2.45) is 5.92 Å². The van der Waals surface area contributed by atoms with Crippen molar-refractivity contribution >= 4 is 17.3 Å². The highest BCUT2D eigenvalue weighted by Crippen LogP contribution is 2.41. The second kappa shape index (κ2) is 5.36. The van der Waals surface area contributed by atoms with E-state index in [1.165, 1.54) is 13.2 Å². The molecule has 0 saturated heterocycles. The number of benzene rings is 2. The summed E-state index contributed by atoms with van der Waals surface area (Å²) >= 11 is 0. The minimum atomic E-state index is -0.826. The van der Waals surface area contributed by atoms with Crippen molar-refractivity contribution in [3.05, 3.63) is 63.7 Å². The van der Waals surface area contributed by atoms with Gasteiger partial charge in [-0.05, 0) is 23.6 Å². The van der Waals surface area contributed by atoms with Crippen molar-refractivity contribution in [3.8, 4) is 5.75 Å². The summed E-state index contributed by atoms with van der Waals surface area (Å²) in [5.41, 5.74) is 1.37. The van der Waals surface area contributed by atoms with Gasteiger partial charge in [0.15, 0.2) is 17.3 Å². The van der Waals surface area contributed by atoms with Gasteiger partial charge in [0.2, 0.25) is 0 Å². The van der Waals surface area contributed by atoms with Crippen LogP contribution in [0.1, 0.15) is 67.2 Å². The molecule has 1 N–H and O–H groups in total. The van der Waals surface area contributed by atoms with E-state index in [1.54, 1.807) is 31.2 Å². The Morgan fingerprint density at radius 2 is 1.64 bits per heavy atom. The molecule has 126 valence electrons. The normalized spacial score (nSPS) is 21.5. The second-order valence-electron chi connectivity index (χ2n) is 6.54. The van der Waals surface area contributed by atoms with E-state index in [9.17, 15) is 19.5 Å². The maximum absolute atomic E-state index is 13.1. The molecule has 1 unspecified atom stereocenters. The number of ether oxygens (including phenoxy) is 1. The Bertz CT molecular complexity index is 957. The Hall–Kier alpha value is -2.79. The molecule has 2 aromatic rings. The van der Waals surface area contributed by atoms with Crippen LogP contribution in [-0.4, -0.2) is 29.6 Å². The van der Waals surface area contributed by atoms with Crippen molar-refractivity contribution in [2.45, 2.75) is 19.4 Å². The second-order valence-corrected chi connectivity index (χ2v) is 6.54. The van der Waals surface area contributed by atoms with Crippen LogP contribution in [0.15, 0.2) is 30.3 Å². The lowest BCUT2D eigenvalue weighted by Gasteiger charge is -2.30. The molecular formula is C20H16O5. The first kappa shape index (κ1) is 15.7. The summed E-state index contributed by atoms with van der Waals surface area (Å²) in [6.45, 7) is 1.79. The van der Waals surface area contributed by atoms with Gasteiger partial charge in [0.25, 0.3) is 0 Å². The van der Waals surface area contributed by atoms with E-state index in [2.05, 4.69) is 0 Å². The van der Waals surface area contributed by atoms with Gasteiger partial charge in [0, 0.05) is 28.7 Å². The molecule has 4 rings (SSSR count). The Kier molecular flexibility index (Phi) is 3.37. The summed E-state index contributed by atoms with van der Waals surface area (Å²) in [7, 11) is 1.44. The van der Waals surface area contributed by atoms with E-state index < -0.39 is 6.10 Å². The lowest BCUT2D eigenvalue weighted by molar-refractivity contribution is 0.0745. The average Bonchev–Trinajstić information content (AvgIpc) is 2.62. The van der Waals surface area contributed by atoms with Crippen LogP contribution in [0.3, 0.4) is 0 Å². The summed E-state index contributed by atoms with van der Waals surface area (Å²) in [5.74, 6) is -0.822. The molecule has 0 saturated carbocycles. The third-order valence-corrected chi connectivity index (χ3v) is 5.07. The van der Waals surface area contributed by atoms with Crippen molar-refractivity contribution in [3.63, 3.8) is 0 Å². The first-order valence-corrected chi connectivity index (χ1v) is 8.10. The van der Waals surface area contributed by atoms with Crippen molar-refractivity contribution in [1.82, 2.24) is 0 Å². The van der Waals surface area contributed by atoms with Crippen molar-refractivity contribution < 1.29 is 24.2 Å². The largest absolute Gasteiger partial charge is 0.496 e. The zero-order chi connectivity index (χ0) is 17.9. The van der Waals surface area contributed by atoms with E-state index in [4.69, 9.17) is 4.74 Å². The van der Waals surface area contributed by atoms with Crippen LogP contribution in [0.25, 0.3) is 0 Å². The Labute approximate surface area is 144 Å². The van der Waals surface area contributed by atoms with Crippen molar-refractivity contribution in [1.29, 1.82) is 0 Å². The Morgan fingerprint density at radius 1 is 0.960 bits per heavy atom. The van der Waals surface area contributed by atoms with Gasteiger partial charge in [-0.15, -0.1) is 0 Å². The lowest BCUT2D eigenvalue weighted by atomic mass is 9.73. The van der Waals surface area contributed by atoms with Crippen LogP contribution < -0.4 is 4.74 Å². The minimum Gasteiger partial charge on any atom is -0.496 e. The molecular weight excluding hydrogens is 320 g/mol. The fourth-order valence-corrected chi connectivity index (χ4v) is 3.80. The number of hydrogen-bond donors (Lipinski definition) is 1. The number of aliphatic hydroxyl groups is 1. The van der Waals surface area contributed by atoms with E-state index in [-0.39, 0.29) is 57.5 Å². The summed E-state index contributed by atoms with van der Waals surface area (Å²) in [4.78, 5) is 38.7. The maximum atomic E-state index is 13.1. The molecule has 25 heavy (non-hydrogen) atoms. The van der Waals surface area contributed by atoms with Crippen LogP contribution in [-0.2, 0) is 0 Å². The number of aliphatic hydroxyl groups excluding tert-OH is 1. The zero-order valence-electron chi connectivity index (χ0n) is 13.8. The van der Waals surface area contributed by atoms with Crippen LogP contribution in [0.2, 0.25) is 0 Å². The van der Waals surface area contributed by atoms with E-state index in [0.717, 1.165) is 0 Å². The average molecular weight is 336 g/mol. The standard InChI is InChI=1S/C20H16O5/c1-9-8-13(21)15-11(18(9)22)6-7-12-17(15)20(24)10-4-3-5-14(25-2)16(10)19(12)23/h3-7,9,18,22H,8H2,1-2H3/t9?,18-/m1/s1. The summed E-state index contributed by atoms with van der Waals surface area (Å²) in [6, 6.07) is 7.94. The predicted molar refractivity (Wildman–Crippen MR) is 89.4 cm³/mol. The fourth-order valence-electron chi connectivity index (χ4n) is 3.80. The maximum Gasteiger partial charge on any atom is 0.198 e. The molecule has 0 radical (unpaired) electrons. The van der Waals surface area contributed by atoms with Crippen LogP contribution in [0, 0.1) is 5.92 Å². The minimum absolute atomic E-state index is 0.110. The lowest BCUT2D eigenvalue weighted by Crippen LogP contribution is -2.30. The van der Waals surface area contributed by atoms with E-state index >= 15 is 0 Å². The number of carbonyl (C=O) groups is 3. The highest BCUT2D eigenvalue weighted by molar-refractivity contribution is 6.32. The number of fused-ring (bicyclic) bond motifs is 4. The molecule has 2 aromatic carbocycles. The Morgan fingerprint density at radius 3 is 2.36 bits per heavy atom. The number of hydrogen-bond acceptors (Lipinski definition) is 5. The molecule has 0 fully saturated rings. The first-order chi connectivity index (χ1) is 12.0. The molecule has 2 aliphatic rings. The third-order valence-electron chi connectivity index (χ3n) is 5.07. The van der Waals surface area contributed by atoms with E-state index in [0.29, 0.717) is 11.3 Å². The zero-order valence-corrected chi connectivity index (χ0v) is 13.8. The molecule has 0 aliphatic heterocycles. The van der Waals surface area contributed by atoms with Gasteiger partial charge in [-0.2, -0.15) is 0 Å². The van der Waals surface area contributed by atoms with Gasteiger partial charge < -0.3 is 9.84 Å². The summed E-state index contributed by atoms with van der Waals surface area (Å²) in [6.07, 6.45) is -0.676. The molecule has 0 heterocycles. The monoisotopic (exact) mass is 336 g/mol. The molecule has 0 bridgehead atoms. The number of rotatable bonds is 1. The number of Topliss-reactive ketones (excluding diaryl/α,β-unsaturated/α-hetero) is 1. The molecule has 2 atom stereocenters. The van der Waals surface area contributed by atoms with Gasteiger partial charge >= 0.3 is 0 Å². The first-order valence-electron chi connectivity index (χ1n) is 8.10. The molecule has 0 spiro atoms. The topological polar surface area (TPSA) is 80.7 Å². The van der Waals surface area contributed by atoms with Crippen LogP contribution in [0.4, 0.5) is 0 Å². The molecule has 0 aromatic heterocycles. The van der Waals surface area contributed by atoms with Gasteiger partial charge in [0.1, 0.15) is 5.75 Å². The van der Waals surface area contributed by atoms with Gasteiger partial charge in [-0.25, -0.2) is 0 Å². The molecule has 0 amide bonds. The highest BCUT2D eigenvalue weighted by Gasteiger charge is 2.40. The predicted octanol–water partition coefficient (Wildman–Crippen LogP) is 2.73. The fraction of sp³-hybridized carbons (Fsp3) is 0.250. The molecule has 5 heteroatoms. The number of carbonyl (C=O) groups excluding carboxylic acids is 3. The molecule has 5 nitrogen and oxygen atoms in total. The van der Waals surface area contributed by atoms with Gasteiger partial charge in [0.05, 0.1) is 18.8 Å². The highest BCUT2D eigenvalue weighted by atomic mass is 16.5. The van der Waals surface area contributed by atoms with Crippen molar-refractivity contribution in [2.75, 3.05) is 7.11 Å². The smallest absolute Gasteiger partial charge is 0.198 e. The van der Waals surface area contributed by atoms with Gasteiger partial charge in [-0.3, -0.25) is 14.4 Å². The SMILES string of the molecule is COc1cccc2c1C(=O)c1ccc3c(c1C2=O)C(=O)CC(C)[C@H]3O. The number of ketones is 3. The molecule has 2 aliphatic carbocycles. The Balaban J connectivity index is 2.03. The van der Waals surface area contributed by atoms with Gasteiger partial charge in [-0.1, -0.05) is 25.1 Å². The third kappa shape index (κ3) is 2.02. The van der Waals surface area contributed by atoms with E-state index in [1.807, 2.05) is 0 Å². The van der Waals surface area contributed by atoms with Crippen LogP contribution in [0.5, 0.6) is 5.75 Å².